The molecule has 1 fully saturated rings. The summed E-state index contributed by atoms with van der Waals surface area (Å²) in [5.41, 5.74) is 7.04. The first-order valence-electron chi connectivity index (χ1n) is 6.90. The molecule has 0 bridgehead atoms. The van der Waals surface area contributed by atoms with Gasteiger partial charge in [0, 0.05) is 12.1 Å². The Labute approximate surface area is 113 Å². The Morgan fingerprint density at radius 3 is 2.84 bits per heavy atom. The minimum Gasteiger partial charge on any atom is -0.348 e. The van der Waals surface area contributed by atoms with Crippen LogP contribution in [0, 0.1) is 12.7 Å². The Morgan fingerprint density at radius 2 is 2.05 bits per heavy atom. The number of carbonyl (C=O) groups is 1. The standard InChI is InChI=1S/C15H21FN2O/c1-10-7-8-12(16)11(9-10)15(19)18-14-6-4-2-3-5-13(14)17/h7-9,13-14H,2-6,17H2,1H3,(H,18,19). The fraction of sp³-hybridized carbons (Fsp3) is 0.533. The molecule has 1 aromatic rings. The first kappa shape index (κ1) is 14.0. The molecule has 1 aliphatic rings. The van der Waals surface area contributed by atoms with Gasteiger partial charge >= 0.3 is 0 Å². The average molecular weight is 264 g/mol. The second-order valence-electron chi connectivity index (χ2n) is 5.37. The van der Waals surface area contributed by atoms with E-state index in [2.05, 4.69) is 5.32 Å². The summed E-state index contributed by atoms with van der Waals surface area (Å²) < 4.78 is 13.7. The highest BCUT2D eigenvalue weighted by Gasteiger charge is 2.23. The van der Waals surface area contributed by atoms with Gasteiger partial charge in [-0.15, -0.1) is 0 Å². The van der Waals surface area contributed by atoms with E-state index in [1.807, 2.05) is 6.92 Å². The third-order valence-corrected chi connectivity index (χ3v) is 3.75. The highest BCUT2D eigenvalue weighted by molar-refractivity contribution is 5.94. The van der Waals surface area contributed by atoms with E-state index >= 15 is 0 Å². The Morgan fingerprint density at radius 1 is 1.32 bits per heavy atom. The predicted molar refractivity (Wildman–Crippen MR) is 73.5 cm³/mol. The molecular weight excluding hydrogens is 243 g/mol. The zero-order valence-electron chi connectivity index (χ0n) is 11.3. The van der Waals surface area contributed by atoms with Crippen LogP contribution >= 0.6 is 0 Å². The molecule has 19 heavy (non-hydrogen) atoms. The Bertz CT molecular complexity index is 461. The minimum absolute atomic E-state index is 0.0284. The smallest absolute Gasteiger partial charge is 0.254 e. The number of nitrogens with two attached hydrogens (primary N) is 1. The van der Waals surface area contributed by atoms with Crippen LogP contribution in [0.15, 0.2) is 18.2 Å². The molecule has 104 valence electrons. The minimum atomic E-state index is -0.481. The lowest BCUT2D eigenvalue weighted by molar-refractivity contribution is 0.0924. The molecule has 0 aromatic heterocycles. The van der Waals surface area contributed by atoms with Crippen molar-refractivity contribution in [3.05, 3.63) is 35.1 Å². The second kappa shape index (κ2) is 6.15. The van der Waals surface area contributed by atoms with Crippen LogP contribution in [0.2, 0.25) is 0 Å². The van der Waals surface area contributed by atoms with E-state index in [1.165, 1.54) is 6.07 Å². The van der Waals surface area contributed by atoms with Gasteiger partial charge in [-0.25, -0.2) is 4.39 Å². The fourth-order valence-electron chi connectivity index (χ4n) is 2.57. The van der Waals surface area contributed by atoms with Gasteiger partial charge in [0.15, 0.2) is 0 Å². The quantitative estimate of drug-likeness (QED) is 0.806. The molecule has 1 aromatic carbocycles. The van der Waals surface area contributed by atoms with Crippen molar-refractivity contribution in [2.75, 3.05) is 0 Å². The summed E-state index contributed by atoms with van der Waals surface area (Å²) >= 11 is 0. The van der Waals surface area contributed by atoms with Crippen molar-refractivity contribution in [1.29, 1.82) is 0 Å². The zero-order valence-corrected chi connectivity index (χ0v) is 11.3. The number of hydrogen-bond donors (Lipinski definition) is 2. The summed E-state index contributed by atoms with van der Waals surface area (Å²) in [6.07, 6.45) is 5.11. The van der Waals surface area contributed by atoms with Gasteiger partial charge in [0.05, 0.1) is 5.56 Å². The lowest BCUT2D eigenvalue weighted by Crippen LogP contribution is -2.47. The van der Waals surface area contributed by atoms with E-state index in [4.69, 9.17) is 5.73 Å². The van der Waals surface area contributed by atoms with Gasteiger partial charge in [0.25, 0.3) is 5.91 Å². The molecule has 3 N–H and O–H groups in total. The Kier molecular flexibility index (Phi) is 4.53. The topological polar surface area (TPSA) is 55.1 Å². The van der Waals surface area contributed by atoms with Crippen molar-refractivity contribution in [1.82, 2.24) is 5.32 Å². The summed E-state index contributed by atoms with van der Waals surface area (Å²) in [7, 11) is 0. The number of benzene rings is 1. The van der Waals surface area contributed by atoms with Crippen molar-refractivity contribution >= 4 is 5.91 Å². The summed E-state index contributed by atoms with van der Waals surface area (Å²) in [6.45, 7) is 1.84. The molecule has 1 aliphatic carbocycles. The Hall–Kier alpha value is -1.42. The van der Waals surface area contributed by atoms with Crippen LogP contribution in [-0.4, -0.2) is 18.0 Å². The van der Waals surface area contributed by atoms with E-state index in [1.54, 1.807) is 12.1 Å². The van der Waals surface area contributed by atoms with Crippen LogP contribution in [0.1, 0.15) is 48.0 Å². The molecule has 2 rings (SSSR count). The summed E-state index contributed by atoms with van der Waals surface area (Å²) in [5, 5.41) is 2.89. The fourth-order valence-corrected chi connectivity index (χ4v) is 2.57. The van der Waals surface area contributed by atoms with E-state index in [9.17, 15) is 9.18 Å². The lowest BCUT2D eigenvalue weighted by atomic mass is 10.0. The summed E-state index contributed by atoms with van der Waals surface area (Å²) in [5.74, 6) is -0.839. The number of rotatable bonds is 2. The first-order valence-corrected chi connectivity index (χ1v) is 6.90. The number of nitrogens with one attached hydrogen (secondary N) is 1. The predicted octanol–water partition coefficient (Wildman–Crippen LogP) is 2.52. The van der Waals surface area contributed by atoms with E-state index in [0.717, 1.165) is 37.7 Å². The maximum Gasteiger partial charge on any atom is 0.254 e. The zero-order chi connectivity index (χ0) is 13.8. The molecule has 3 nitrogen and oxygen atoms in total. The number of hydrogen-bond acceptors (Lipinski definition) is 2. The van der Waals surface area contributed by atoms with Crippen LogP contribution in [0.25, 0.3) is 0 Å². The molecule has 1 amide bonds. The molecule has 0 heterocycles. The van der Waals surface area contributed by atoms with E-state index in [-0.39, 0.29) is 23.6 Å². The maximum absolute atomic E-state index is 13.7. The van der Waals surface area contributed by atoms with E-state index in [0.29, 0.717) is 0 Å². The van der Waals surface area contributed by atoms with E-state index < -0.39 is 5.82 Å². The Balaban J connectivity index is 2.09. The number of halogens is 1. The van der Waals surface area contributed by atoms with Crippen molar-refractivity contribution in [2.24, 2.45) is 5.73 Å². The largest absolute Gasteiger partial charge is 0.348 e. The summed E-state index contributed by atoms with van der Waals surface area (Å²) in [4.78, 5) is 12.1. The van der Waals surface area contributed by atoms with Gasteiger partial charge in [-0.05, 0) is 31.9 Å². The molecule has 4 heteroatoms. The van der Waals surface area contributed by atoms with Crippen molar-refractivity contribution < 1.29 is 9.18 Å². The van der Waals surface area contributed by atoms with Crippen LogP contribution in [-0.2, 0) is 0 Å². The molecule has 0 aliphatic heterocycles. The molecule has 0 radical (unpaired) electrons. The highest BCUT2D eigenvalue weighted by Crippen LogP contribution is 2.18. The molecule has 1 saturated carbocycles. The van der Waals surface area contributed by atoms with Gasteiger partial charge in [-0.3, -0.25) is 4.79 Å². The second-order valence-corrected chi connectivity index (χ2v) is 5.37. The van der Waals surface area contributed by atoms with Gasteiger partial charge in [-0.2, -0.15) is 0 Å². The number of carbonyl (C=O) groups excluding carboxylic acids is 1. The van der Waals surface area contributed by atoms with Crippen LogP contribution < -0.4 is 11.1 Å². The van der Waals surface area contributed by atoms with Crippen molar-refractivity contribution in [2.45, 2.75) is 51.1 Å². The monoisotopic (exact) mass is 264 g/mol. The van der Waals surface area contributed by atoms with Gasteiger partial charge in [0.2, 0.25) is 0 Å². The third-order valence-electron chi connectivity index (χ3n) is 3.75. The van der Waals surface area contributed by atoms with Crippen molar-refractivity contribution in [3.63, 3.8) is 0 Å². The molecular formula is C15H21FN2O. The average Bonchev–Trinajstić information content (AvgIpc) is 2.58. The SMILES string of the molecule is Cc1ccc(F)c(C(=O)NC2CCCCCC2N)c1. The van der Waals surface area contributed by atoms with Crippen LogP contribution in [0.4, 0.5) is 4.39 Å². The molecule has 0 spiro atoms. The van der Waals surface area contributed by atoms with Crippen LogP contribution in [0.5, 0.6) is 0 Å². The highest BCUT2D eigenvalue weighted by atomic mass is 19.1. The lowest BCUT2D eigenvalue weighted by Gasteiger charge is -2.22. The van der Waals surface area contributed by atoms with Crippen molar-refractivity contribution in [3.8, 4) is 0 Å². The normalized spacial score (nSPS) is 23.7. The van der Waals surface area contributed by atoms with Gasteiger partial charge in [0.1, 0.15) is 5.82 Å². The number of amides is 1. The maximum atomic E-state index is 13.7. The van der Waals surface area contributed by atoms with Gasteiger partial charge in [-0.1, -0.05) is 30.9 Å². The molecule has 0 saturated heterocycles. The van der Waals surface area contributed by atoms with Gasteiger partial charge < -0.3 is 11.1 Å². The number of aryl methyl sites for hydroxylation is 1. The van der Waals surface area contributed by atoms with Crippen LogP contribution in [0.3, 0.4) is 0 Å². The first-order chi connectivity index (χ1) is 9.08. The molecule has 2 atom stereocenters. The molecule has 2 unspecified atom stereocenters. The summed E-state index contributed by atoms with van der Waals surface area (Å²) in [6, 6.07) is 4.49. The third kappa shape index (κ3) is 3.53.